The molecule has 146 valence electrons. The monoisotopic (exact) mass is 396 g/mol. The zero-order valence-corrected chi connectivity index (χ0v) is 16.2. The fourth-order valence-corrected chi connectivity index (χ4v) is 3.74. The Bertz CT molecular complexity index is 933. The van der Waals surface area contributed by atoms with Crippen LogP contribution in [0.15, 0.2) is 42.5 Å². The minimum Gasteiger partial charge on any atom is -0.497 e. The van der Waals surface area contributed by atoms with Crippen LogP contribution in [0, 0.1) is 5.82 Å². The Kier molecular flexibility index (Phi) is 6.27. The van der Waals surface area contributed by atoms with Gasteiger partial charge in [-0.05, 0) is 37.3 Å². The molecule has 0 aliphatic heterocycles. The molecule has 7 nitrogen and oxygen atoms in total. The molecule has 1 N–H and O–H groups in total. The van der Waals surface area contributed by atoms with Gasteiger partial charge in [-0.3, -0.25) is 9.10 Å². The second kappa shape index (κ2) is 8.26. The number of carbonyl (C=O) groups excluding carboxylic acids is 1. The van der Waals surface area contributed by atoms with Crippen LogP contribution in [0.1, 0.15) is 6.92 Å². The first-order valence-corrected chi connectivity index (χ1v) is 9.80. The Morgan fingerprint density at radius 2 is 1.85 bits per heavy atom. The molecule has 0 fully saturated rings. The maximum atomic E-state index is 13.6. The van der Waals surface area contributed by atoms with Crippen molar-refractivity contribution in [1.29, 1.82) is 0 Å². The van der Waals surface area contributed by atoms with Gasteiger partial charge in [-0.2, -0.15) is 0 Å². The summed E-state index contributed by atoms with van der Waals surface area (Å²) in [6.07, 6.45) is 0.952. The fraction of sp³-hybridized carbons (Fsp3) is 0.278. The minimum absolute atomic E-state index is 0.0535. The van der Waals surface area contributed by atoms with Gasteiger partial charge in [-0.15, -0.1) is 0 Å². The van der Waals surface area contributed by atoms with Crippen molar-refractivity contribution >= 4 is 27.3 Å². The summed E-state index contributed by atoms with van der Waals surface area (Å²) < 4.78 is 49.2. The SMILES string of the molecule is COc1ccc(OC)c(NC(=O)[C@@H](C)N(c2cccc(F)c2)S(C)(=O)=O)c1. The topological polar surface area (TPSA) is 84.9 Å². The number of hydrogen-bond acceptors (Lipinski definition) is 5. The van der Waals surface area contributed by atoms with Crippen LogP contribution in [-0.4, -0.2) is 40.8 Å². The number of anilines is 2. The first-order chi connectivity index (χ1) is 12.7. The number of nitrogens with one attached hydrogen (secondary N) is 1. The molecule has 0 aliphatic carbocycles. The molecule has 0 saturated carbocycles. The molecule has 0 bridgehead atoms. The van der Waals surface area contributed by atoms with Crippen molar-refractivity contribution in [2.75, 3.05) is 30.1 Å². The number of benzene rings is 2. The molecule has 2 aromatic rings. The molecular weight excluding hydrogens is 375 g/mol. The van der Waals surface area contributed by atoms with Crippen LogP contribution in [0.2, 0.25) is 0 Å². The highest BCUT2D eigenvalue weighted by molar-refractivity contribution is 7.92. The molecule has 0 radical (unpaired) electrons. The second-order valence-electron chi connectivity index (χ2n) is 5.77. The van der Waals surface area contributed by atoms with Gasteiger partial charge >= 0.3 is 0 Å². The number of sulfonamides is 1. The van der Waals surface area contributed by atoms with Gasteiger partial charge in [0.25, 0.3) is 0 Å². The highest BCUT2D eigenvalue weighted by Gasteiger charge is 2.30. The molecule has 1 atom stereocenters. The number of carbonyl (C=O) groups is 1. The van der Waals surface area contributed by atoms with Crippen molar-refractivity contribution in [3.8, 4) is 11.5 Å². The molecule has 9 heteroatoms. The van der Waals surface area contributed by atoms with E-state index in [1.165, 1.54) is 39.3 Å². The maximum absolute atomic E-state index is 13.6. The normalized spacial score (nSPS) is 12.2. The van der Waals surface area contributed by atoms with E-state index >= 15 is 0 Å². The minimum atomic E-state index is -3.85. The van der Waals surface area contributed by atoms with E-state index in [9.17, 15) is 17.6 Å². The van der Waals surface area contributed by atoms with Crippen molar-refractivity contribution in [1.82, 2.24) is 0 Å². The molecule has 0 saturated heterocycles. The number of ether oxygens (including phenoxy) is 2. The van der Waals surface area contributed by atoms with Gasteiger partial charge in [0, 0.05) is 6.07 Å². The molecule has 0 spiro atoms. The van der Waals surface area contributed by atoms with Gasteiger partial charge in [-0.25, -0.2) is 12.8 Å². The number of amides is 1. The highest BCUT2D eigenvalue weighted by Crippen LogP contribution is 2.30. The largest absolute Gasteiger partial charge is 0.497 e. The second-order valence-corrected chi connectivity index (χ2v) is 7.63. The summed E-state index contributed by atoms with van der Waals surface area (Å²) in [5.74, 6) is -0.351. The molecule has 2 rings (SSSR count). The summed E-state index contributed by atoms with van der Waals surface area (Å²) in [6, 6.07) is 8.72. The Balaban J connectivity index is 2.36. The lowest BCUT2D eigenvalue weighted by atomic mass is 10.2. The van der Waals surface area contributed by atoms with E-state index in [-0.39, 0.29) is 5.69 Å². The van der Waals surface area contributed by atoms with Crippen molar-refractivity contribution in [2.45, 2.75) is 13.0 Å². The third kappa shape index (κ3) is 4.88. The summed E-state index contributed by atoms with van der Waals surface area (Å²) in [6.45, 7) is 1.41. The van der Waals surface area contributed by atoms with Crippen LogP contribution in [0.25, 0.3) is 0 Å². The van der Waals surface area contributed by atoms with E-state index in [4.69, 9.17) is 9.47 Å². The van der Waals surface area contributed by atoms with E-state index in [1.54, 1.807) is 18.2 Å². The molecule has 2 aromatic carbocycles. The smallest absolute Gasteiger partial charge is 0.248 e. The standard InChI is InChI=1S/C18H21FN2O5S/c1-12(21(27(4,23)24)14-7-5-6-13(19)10-14)18(22)20-16-11-15(25-2)8-9-17(16)26-3/h5-12H,1-4H3,(H,20,22)/t12-/m1/s1. The Morgan fingerprint density at radius 3 is 2.41 bits per heavy atom. The van der Waals surface area contributed by atoms with Crippen molar-refractivity contribution in [2.24, 2.45) is 0 Å². The number of hydrogen-bond donors (Lipinski definition) is 1. The van der Waals surface area contributed by atoms with Crippen LogP contribution in [0.5, 0.6) is 11.5 Å². The van der Waals surface area contributed by atoms with Crippen LogP contribution < -0.4 is 19.1 Å². The number of halogens is 1. The maximum Gasteiger partial charge on any atom is 0.248 e. The first-order valence-electron chi connectivity index (χ1n) is 7.95. The Hall–Kier alpha value is -2.81. The Labute approximate surface area is 157 Å². The Morgan fingerprint density at radius 1 is 1.15 bits per heavy atom. The van der Waals surface area contributed by atoms with Crippen molar-refractivity contribution in [3.63, 3.8) is 0 Å². The average Bonchev–Trinajstić information content (AvgIpc) is 2.60. The highest BCUT2D eigenvalue weighted by atomic mass is 32.2. The number of rotatable bonds is 7. The van der Waals surface area contributed by atoms with Gasteiger partial charge in [0.2, 0.25) is 15.9 Å². The van der Waals surface area contributed by atoms with Gasteiger partial charge < -0.3 is 14.8 Å². The van der Waals surface area contributed by atoms with Gasteiger partial charge in [0.15, 0.2) is 0 Å². The lowest BCUT2D eigenvalue weighted by molar-refractivity contribution is -0.116. The summed E-state index contributed by atoms with van der Waals surface area (Å²) in [4.78, 5) is 12.7. The van der Waals surface area contributed by atoms with Crippen molar-refractivity contribution < 1.29 is 27.1 Å². The lowest BCUT2D eigenvalue weighted by Crippen LogP contribution is -2.45. The zero-order chi connectivity index (χ0) is 20.2. The van der Waals surface area contributed by atoms with Crippen LogP contribution in [0.3, 0.4) is 0 Å². The predicted molar refractivity (Wildman–Crippen MR) is 101 cm³/mol. The van der Waals surface area contributed by atoms with E-state index in [1.807, 2.05) is 0 Å². The van der Waals surface area contributed by atoms with Gasteiger partial charge in [-0.1, -0.05) is 6.07 Å². The molecule has 0 heterocycles. The molecule has 27 heavy (non-hydrogen) atoms. The summed E-state index contributed by atoms with van der Waals surface area (Å²) >= 11 is 0. The van der Waals surface area contributed by atoms with Gasteiger partial charge in [0.05, 0.1) is 31.9 Å². The fourth-order valence-electron chi connectivity index (χ4n) is 2.57. The third-order valence-corrected chi connectivity index (χ3v) is 5.06. The third-order valence-electron chi connectivity index (χ3n) is 3.82. The van der Waals surface area contributed by atoms with E-state index in [0.717, 1.165) is 16.6 Å². The molecule has 0 aromatic heterocycles. The summed E-state index contributed by atoms with van der Waals surface area (Å²) in [7, 11) is -0.931. The van der Waals surface area contributed by atoms with Gasteiger partial charge in [0.1, 0.15) is 23.4 Å². The van der Waals surface area contributed by atoms with Crippen LogP contribution in [0.4, 0.5) is 15.8 Å². The first kappa shape index (κ1) is 20.5. The van der Waals surface area contributed by atoms with E-state index in [0.29, 0.717) is 17.2 Å². The molecule has 1 amide bonds. The van der Waals surface area contributed by atoms with Crippen LogP contribution in [-0.2, 0) is 14.8 Å². The zero-order valence-electron chi connectivity index (χ0n) is 15.4. The average molecular weight is 396 g/mol. The molecule has 0 unspecified atom stereocenters. The van der Waals surface area contributed by atoms with Crippen LogP contribution >= 0.6 is 0 Å². The number of nitrogens with zero attached hydrogens (tertiary/aromatic N) is 1. The molecule has 0 aliphatic rings. The predicted octanol–water partition coefficient (Wildman–Crippen LogP) is 2.64. The molecular formula is C18H21FN2O5S. The summed E-state index contributed by atoms with van der Waals surface area (Å²) in [5.41, 5.74) is 0.374. The van der Waals surface area contributed by atoms with E-state index in [2.05, 4.69) is 5.32 Å². The summed E-state index contributed by atoms with van der Waals surface area (Å²) in [5, 5.41) is 2.63. The quantitative estimate of drug-likeness (QED) is 0.778. The van der Waals surface area contributed by atoms with E-state index < -0.39 is 27.8 Å². The van der Waals surface area contributed by atoms with Crippen molar-refractivity contribution in [3.05, 3.63) is 48.3 Å². The lowest BCUT2D eigenvalue weighted by Gasteiger charge is -2.28. The number of methoxy groups -OCH3 is 2.